The highest BCUT2D eigenvalue weighted by Crippen LogP contribution is 2.28. The van der Waals surface area contributed by atoms with Crippen molar-refractivity contribution in [1.82, 2.24) is 0 Å². The van der Waals surface area contributed by atoms with Crippen molar-refractivity contribution < 1.29 is 0 Å². The van der Waals surface area contributed by atoms with Crippen molar-refractivity contribution in [2.24, 2.45) is 5.92 Å². The monoisotopic (exact) mass is 174 g/mol. The van der Waals surface area contributed by atoms with Crippen molar-refractivity contribution in [2.75, 3.05) is 0 Å². The second kappa shape index (κ2) is 2.22. The molecule has 0 unspecified atom stereocenters. The molecule has 2 atom stereocenters. The third-order valence-electron chi connectivity index (χ3n) is 1.80. The third-order valence-corrected chi connectivity index (χ3v) is 2.44. The molecule has 0 spiro atoms. The molecule has 0 aromatic heterocycles. The van der Waals surface area contributed by atoms with Crippen molar-refractivity contribution in [3.63, 3.8) is 0 Å². The maximum absolute atomic E-state index is 3.54. The van der Waals surface area contributed by atoms with Gasteiger partial charge in [0.1, 0.15) is 0 Å². The molecule has 0 saturated heterocycles. The summed E-state index contributed by atoms with van der Waals surface area (Å²) in [6.07, 6.45) is 3.58. The molecule has 0 N–H and O–H groups in total. The molecular weight excluding hydrogens is 164 g/mol. The average Bonchev–Trinajstić information content (AvgIpc) is 1.85. The van der Waals surface area contributed by atoms with Crippen LogP contribution in [-0.2, 0) is 0 Å². The molecule has 0 aromatic carbocycles. The molecule has 0 radical (unpaired) electrons. The Labute approximate surface area is 59.1 Å². The van der Waals surface area contributed by atoms with Gasteiger partial charge in [-0.15, -0.1) is 0 Å². The van der Waals surface area contributed by atoms with E-state index >= 15 is 0 Å². The van der Waals surface area contributed by atoms with E-state index in [9.17, 15) is 0 Å². The summed E-state index contributed by atoms with van der Waals surface area (Å²) in [6.45, 7) is 4.47. The normalized spacial score (nSPS) is 37.6. The van der Waals surface area contributed by atoms with Crippen LogP contribution in [0.25, 0.3) is 0 Å². The molecule has 0 amide bonds. The summed E-state index contributed by atoms with van der Waals surface area (Å²) >= 11 is 3.54. The second-order valence-corrected chi connectivity index (χ2v) is 3.74. The van der Waals surface area contributed by atoms with Gasteiger partial charge in [-0.3, -0.25) is 0 Å². The lowest BCUT2D eigenvalue weighted by Gasteiger charge is -2.00. The molecule has 0 fully saturated rings. The molecule has 0 nitrogen and oxygen atoms in total. The summed E-state index contributed by atoms with van der Waals surface area (Å²) in [7, 11) is 0. The number of rotatable bonds is 0. The van der Waals surface area contributed by atoms with Crippen LogP contribution in [0.2, 0.25) is 0 Å². The molecular formula is C7H11Br. The van der Waals surface area contributed by atoms with Crippen LogP contribution in [-0.4, -0.2) is 4.83 Å². The van der Waals surface area contributed by atoms with E-state index in [0.717, 1.165) is 5.92 Å². The summed E-state index contributed by atoms with van der Waals surface area (Å²) in [4.78, 5) is 0.650. The number of allylic oxidation sites excluding steroid dienone is 2. The lowest BCUT2D eigenvalue weighted by molar-refractivity contribution is 0.679. The predicted molar refractivity (Wildman–Crippen MR) is 40.3 cm³/mol. The van der Waals surface area contributed by atoms with E-state index in [1.165, 1.54) is 12.0 Å². The minimum Gasteiger partial charge on any atom is -0.0845 e. The molecule has 0 aromatic rings. The summed E-state index contributed by atoms with van der Waals surface area (Å²) in [5.41, 5.74) is 1.53. The highest BCUT2D eigenvalue weighted by molar-refractivity contribution is 9.09. The smallest absolute Gasteiger partial charge is 0.0333 e. The van der Waals surface area contributed by atoms with Gasteiger partial charge in [0.25, 0.3) is 0 Å². The lowest BCUT2D eigenvalue weighted by atomic mass is 10.1. The Morgan fingerprint density at radius 1 is 1.75 bits per heavy atom. The van der Waals surface area contributed by atoms with Crippen molar-refractivity contribution in [3.05, 3.63) is 11.6 Å². The van der Waals surface area contributed by atoms with Crippen LogP contribution in [0.4, 0.5) is 0 Å². The van der Waals surface area contributed by atoms with E-state index in [1.54, 1.807) is 0 Å². The molecule has 0 bridgehead atoms. The Hall–Kier alpha value is 0.220. The van der Waals surface area contributed by atoms with Crippen LogP contribution in [0.5, 0.6) is 0 Å². The fourth-order valence-electron chi connectivity index (χ4n) is 1.04. The van der Waals surface area contributed by atoms with E-state index in [2.05, 4.69) is 35.9 Å². The van der Waals surface area contributed by atoms with Crippen molar-refractivity contribution in [3.8, 4) is 0 Å². The number of hydrogen-bond acceptors (Lipinski definition) is 0. The Balaban J connectivity index is 2.59. The first-order chi connectivity index (χ1) is 3.70. The van der Waals surface area contributed by atoms with Gasteiger partial charge in [0.05, 0.1) is 0 Å². The molecule has 0 heterocycles. The first-order valence-electron chi connectivity index (χ1n) is 3.02. The standard InChI is InChI=1S/C7H11Br/c1-5-3-7(8)4-6(5)2/h3,6-7H,4H2,1-2H3/t6-,7-/m0/s1. The lowest BCUT2D eigenvalue weighted by Crippen LogP contribution is -1.91. The van der Waals surface area contributed by atoms with E-state index in [0.29, 0.717) is 4.83 Å². The Morgan fingerprint density at radius 2 is 2.38 bits per heavy atom. The Kier molecular flexibility index (Phi) is 1.76. The first kappa shape index (κ1) is 6.34. The zero-order valence-electron chi connectivity index (χ0n) is 5.32. The fraction of sp³-hybridized carbons (Fsp3) is 0.714. The minimum atomic E-state index is 0.650. The molecule has 1 aliphatic rings. The predicted octanol–water partition coefficient (Wildman–Crippen LogP) is 2.74. The van der Waals surface area contributed by atoms with Crippen molar-refractivity contribution in [2.45, 2.75) is 25.1 Å². The number of hydrogen-bond donors (Lipinski definition) is 0. The topological polar surface area (TPSA) is 0 Å². The third kappa shape index (κ3) is 1.13. The van der Waals surface area contributed by atoms with Gasteiger partial charge < -0.3 is 0 Å². The van der Waals surface area contributed by atoms with Crippen molar-refractivity contribution in [1.29, 1.82) is 0 Å². The Bertz CT molecular complexity index is 116. The average molecular weight is 175 g/mol. The summed E-state index contributed by atoms with van der Waals surface area (Å²) < 4.78 is 0. The van der Waals surface area contributed by atoms with E-state index in [1.807, 2.05) is 0 Å². The molecule has 8 heavy (non-hydrogen) atoms. The highest BCUT2D eigenvalue weighted by atomic mass is 79.9. The maximum atomic E-state index is 3.54. The van der Waals surface area contributed by atoms with Gasteiger partial charge in [0, 0.05) is 4.83 Å². The van der Waals surface area contributed by atoms with Crippen LogP contribution in [0.1, 0.15) is 20.3 Å². The largest absolute Gasteiger partial charge is 0.0845 e. The molecule has 0 aliphatic heterocycles. The van der Waals surface area contributed by atoms with Gasteiger partial charge in [0.2, 0.25) is 0 Å². The van der Waals surface area contributed by atoms with Crippen LogP contribution < -0.4 is 0 Å². The van der Waals surface area contributed by atoms with Gasteiger partial charge in [-0.25, -0.2) is 0 Å². The SMILES string of the molecule is CC1=C[C@H](Br)C[C@@H]1C. The molecule has 0 saturated carbocycles. The van der Waals surface area contributed by atoms with Crippen LogP contribution in [0.15, 0.2) is 11.6 Å². The van der Waals surface area contributed by atoms with Crippen LogP contribution >= 0.6 is 15.9 Å². The van der Waals surface area contributed by atoms with Gasteiger partial charge in [-0.1, -0.05) is 34.5 Å². The zero-order chi connectivity index (χ0) is 6.15. The first-order valence-corrected chi connectivity index (χ1v) is 3.94. The van der Waals surface area contributed by atoms with E-state index in [-0.39, 0.29) is 0 Å². The molecule has 1 aliphatic carbocycles. The quantitative estimate of drug-likeness (QED) is 0.392. The van der Waals surface area contributed by atoms with Gasteiger partial charge >= 0.3 is 0 Å². The van der Waals surface area contributed by atoms with Gasteiger partial charge in [-0.05, 0) is 19.3 Å². The summed E-state index contributed by atoms with van der Waals surface area (Å²) in [5.74, 6) is 0.805. The van der Waals surface area contributed by atoms with E-state index in [4.69, 9.17) is 0 Å². The molecule has 1 rings (SSSR count). The number of halogens is 1. The van der Waals surface area contributed by atoms with Crippen LogP contribution in [0, 0.1) is 5.92 Å². The second-order valence-electron chi connectivity index (χ2n) is 2.56. The van der Waals surface area contributed by atoms with E-state index < -0.39 is 0 Å². The molecule has 1 heteroatoms. The van der Waals surface area contributed by atoms with Crippen LogP contribution in [0.3, 0.4) is 0 Å². The highest BCUT2D eigenvalue weighted by Gasteiger charge is 2.16. The van der Waals surface area contributed by atoms with Gasteiger partial charge in [-0.2, -0.15) is 0 Å². The number of alkyl halides is 1. The Morgan fingerprint density at radius 3 is 2.50 bits per heavy atom. The zero-order valence-corrected chi connectivity index (χ0v) is 6.90. The fourth-order valence-corrected chi connectivity index (χ4v) is 2.02. The van der Waals surface area contributed by atoms with Gasteiger partial charge in [0.15, 0.2) is 0 Å². The minimum absolute atomic E-state index is 0.650. The maximum Gasteiger partial charge on any atom is 0.0333 e. The van der Waals surface area contributed by atoms with Crippen molar-refractivity contribution >= 4 is 15.9 Å². The summed E-state index contributed by atoms with van der Waals surface area (Å²) in [5, 5.41) is 0. The summed E-state index contributed by atoms with van der Waals surface area (Å²) in [6, 6.07) is 0. The molecule has 46 valence electrons.